The van der Waals surface area contributed by atoms with E-state index in [0.29, 0.717) is 0 Å². The average Bonchev–Trinajstić information content (AvgIpc) is 2.79. The van der Waals surface area contributed by atoms with E-state index in [2.05, 4.69) is 27.8 Å². The highest BCUT2D eigenvalue weighted by atomic mass is 79.9. The Labute approximate surface area is 148 Å². The van der Waals surface area contributed by atoms with Gasteiger partial charge in [0.05, 0.1) is 13.2 Å². The topological polar surface area (TPSA) is 80.6 Å². The maximum absolute atomic E-state index is 12.3. The molecule has 0 aliphatic carbocycles. The standard InChI is InChI=1S/C17H19BrN2O4/c1-3-8-24-10-13(17(22)23)19-15(21)9-20-11(2)16(18)12-6-4-5-7-14(12)20/h3-7,13H,1,8-10H2,2H3,(H,19,21)(H,22,23). The first-order valence-corrected chi connectivity index (χ1v) is 8.19. The van der Waals surface area contributed by atoms with Crippen molar-refractivity contribution in [1.29, 1.82) is 0 Å². The summed E-state index contributed by atoms with van der Waals surface area (Å²) in [6.45, 7) is 5.55. The third kappa shape index (κ3) is 4.04. The van der Waals surface area contributed by atoms with Crippen LogP contribution in [0.1, 0.15) is 5.69 Å². The number of rotatable bonds is 8. The highest BCUT2D eigenvalue weighted by molar-refractivity contribution is 9.10. The molecule has 0 spiro atoms. The van der Waals surface area contributed by atoms with Gasteiger partial charge >= 0.3 is 5.97 Å². The Bertz CT molecular complexity index is 769. The number of para-hydroxylation sites is 1. The number of carbonyl (C=O) groups excluding carboxylic acids is 1. The van der Waals surface area contributed by atoms with Gasteiger partial charge in [-0.15, -0.1) is 6.58 Å². The van der Waals surface area contributed by atoms with E-state index in [1.807, 2.05) is 35.8 Å². The molecule has 2 N–H and O–H groups in total. The van der Waals surface area contributed by atoms with E-state index < -0.39 is 12.0 Å². The quantitative estimate of drug-likeness (QED) is 0.532. The summed E-state index contributed by atoms with van der Waals surface area (Å²) < 4.78 is 7.90. The normalized spacial score (nSPS) is 12.1. The number of hydrogen-bond donors (Lipinski definition) is 2. The zero-order chi connectivity index (χ0) is 17.7. The van der Waals surface area contributed by atoms with E-state index in [1.165, 1.54) is 6.08 Å². The van der Waals surface area contributed by atoms with Gasteiger partial charge in [0.1, 0.15) is 6.54 Å². The summed E-state index contributed by atoms with van der Waals surface area (Å²) in [6, 6.07) is 6.61. The molecule has 128 valence electrons. The predicted molar refractivity (Wildman–Crippen MR) is 95.0 cm³/mol. The second-order valence-corrected chi connectivity index (χ2v) is 6.08. The molecule has 2 rings (SSSR count). The number of halogens is 1. The lowest BCUT2D eigenvalue weighted by Crippen LogP contribution is -2.45. The van der Waals surface area contributed by atoms with Crippen molar-refractivity contribution in [3.63, 3.8) is 0 Å². The van der Waals surface area contributed by atoms with Crippen LogP contribution >= 0.6 is 15.9 Å². The van der Waals surface area contributed by atoms with Crippen LogP contribution in [0.15, 0.2) is 41.4 Å². The van der Waals surface area contributed by atoms with E-state index in [1.54, 1.807) is 0 Å². The maximum Gasteiger partial charge on any atom is 0.328 e. The van der Waals surface area contributed by atoms with Crippen LogP contribution in [0.25, 0.3) is 10.9 Å². The molecule has 1 atom stereocenters. The Kier molecular flexibility index (Phi) is 6.16. The number of carbonyl (C=O) groups is 2. The fourth-order valence-corrected chi connectivity index (χ4v) is 2.97. The zero-order valence-corrected chi connectivity index (χ0v) is 14.9. The number of carboxylic acids is 1. The number of aliphatic carboxylic acids is 1. The van der Waals surface area contributed by atoms with Gasteiger partial charge in [0.15, 0.2) is 6.04 Å². The van der Waals surface area contributed by atoms with Crippen LogP contribution in [0.5, 0.6) is 0 Å². The number of hydrogen-bond acceptors (Lipinski definition) is 3. The van der Waals surface area contributed by atoms with Crippen molar-refractivity contribution in [2.24, 2.45) is 0 Å². The molecule has 1 unspecified atom stereocenters. The van der Waals surface area contributed by atoms with Gasteiger partial charge < -0.3 is 19.7 Å². The lowest BCUT2D eigenvalue weighted by molar-refractivity contribution is -0.143. The zero-order valence-electron chi connectivity index (χ0n) is 13.3. The van der Waals surface area contributed by atoms with Gasteiger partial charge in [-0.05, 0) is 28.9 Å². The molecule has 1 aromatic heterocycles. The molecule has 2 aromatic rings. The number of amides is 1. The van der Waals surface area contributed by atoms with Crippen molar-refractivity contribution in [3.8, 4) is 0 Å². The summed E-state index contributed by atoms with van der Waals surface area (Å²) in [5.41, 5.74) is 1.81. The molecule has 0 saturated heterocycles. The molecule has 0 fully saturated rings. The Morgan fingerprint density at radius 2 is 2.17 bits per heavy atom. The van der Waals surface area contributed by atoms with Crippen LogP contribution in [-0.2, 0) is 20.9 Å². The second-order valence-electron chi connectivity index (χ2n) is 5.29. The Morgan fingerprint density at radius 3 is 2.83 bits per heavy atom. The summed E-state index contributed by atoms with van der Waals surface area (Å²) in [6.07, 6.45) is 1.52. The Balaban J connectivity index is 2.13. The number of nitrogens with zero attached hydrogens (tertiary/aromatic N) is 1. The number of benzene rings is 1. The van der Waals surface area contributed by atoms with E-state index in [9.17, 15) is 14.7 Å². The molecule has 1 heterocycles. The third-order valence-corrected chi connectivity index (χ3v) is 4.61. The number of carboxylic acid groups (broad SMARTS) is 1. The molecule has 0 aliphatic rings. The summed E-state index contributed by atoms with van der Waals surface area (Å²) in [5.74, 6) is -1.52. The summed E-state index contributed by atoms with van der Waals surface area (Å²) in [5, 5.41) is 12.7. The lowest BCUT2D eigenvalue weighted by atomic mass is 10.2. The molecule has 0 bridgehead atoms. The van der Waals surface area contributed by atoms with E-state index in [4.69, 9.17) is 4.74 Å². The fourth-order valence-electron chi connectivity index (χ4n) is 2.42. The first kappa shape index (κ1) is 18.2. The fraction of sp³-hybridized carbons (Fsp3) is 0.294. The summed E-state index contributed by atoms with van der Waals surface area (Å²) in [4.78, 5) is 23.5. The van der Waals surface area contributed by atoms with Crippen LogP contribution in [0.2, 0.25) is 0 Å². The van der Waals surface area contributed by atoms with Crippen LogP contribution in [0, 0.1) is 6.92 Å². The molecule has 0 radical (unpaired) electrons. The SMILES string of the molecule is C=CCOCC(NC(=O)Cn1c(C)c(Br)c2ccccc21)C(=O)O. The highest BCUT2D eigenvalue weighted by Gasteiger charge is 2.21. The van der Waals surface area contributed by atoms with E-state index in [-0.39, 0.29) is 25.7 Å². The molecule has 7 heteroatoms. The van der Waals surface area contributed by atoms with Gasteiger partial charge in [0.2, 0.25) is 5.91 Å². The predicted octanol–water partition coefficient (Wildman–Crippen LogP) is 2.48. The van der Waals surface area contributed by atoms with Gasteiger partial charge in [-0.2, -0.15) is 0 Å². The smallest absolute Gasteiger partial charge is 0.328 e. The van der Waals surface area contributed by atoms with Gasteiger partial charge in [-0.3, -0.25) is 4.79 Å². The monoisotopic (exact) mass is 394 g/mol. The van der Waals surface area contributed by atoms with Crippen molar-refractivity contribution in [2.75, 3.05) is 13.2 Å². The van der Waals surface area contributed by atoms with Gasteiger partial charge in [0.25, 0.3) is 0 Å². The number of fused-ring (bicyclic) bond motifs is 1. The molecule has 6 nitrogen and oxygen atoms in total. The Morgan fingerprint density at radius 1 is 1.46 bits per heavy atom. The number of aromatic nitrogens is 1. The van der Waals surface area contributed by atoms with Crippen LogP contribution in [-0.4, -0.2) is 40.8 Å². The van der Waals surface area contributed by atoms with Crippen LogP contribution < -0.4 is 5.32 Å². The third-order valence-electron chi connectivity index (χ3n) is 3.61. The van der Waals surface area contributed by atoms with Crippen LogP contribution in [0.3, 0.4) is 0 Å². The first-order chi connectivity index (χ1) is 11.5. The van der Waals surface area contributed by atoms with Crippen LogP contribution in [0.4, 0.5) is 0 Å². The van der Waals surface area contributed by atoms with Gasteiger partial charge in [-0.25, -0.2) is 4.79 Å². The van der Waals surface area contributed by atoms with Crippen molar-refractivity contribution in [1.82, 2.24) is 9.88 Å². The van der Waals surface area contributed by atoms with Crippen molar-refractivity contribution < 1.29 is 19.4 Å². The second kappa shape index (κ2) is 8.12. The van der Waals surface area contributed by atoms with Gasteiger partial charge in [-0.1, -0.05) is 24.3 Å². The molecule has 0 saturated carbocycles. The molecule has 0 aliphatic heterocycles. The van der Waals surface area contributed by atoms with E-state index in [0.717, 1.165) is 21.1 Å². The minimum atomic E-state index is -1.14. The first-order valence-electron chi connectivity index (χ1n) is 7.39. The van der Waals surface area contributed by atoms with Crippen molar-refractivity contribution in [2.45, 2.75) is 19.5 Å². The summed E-state index contributed by atoms with van der Waals surface area (Å²) >= 11 is 3.53. The maximum atomic E-state index is 12.3. The molecule has 1 amide bonds. The minimum Gasteiger partial charge on any atom is -0.480 e. The van der Waals surface area contributed by atoms with E-state index >= 15 is 0 Å². The van der Waals surface area contributed by atoms with Gasteiger partial charge in [0, 0.05) is 21.1 Å². The van der Waals surface area contributed by atoms with Crippen molar-refractivity contribution in [3.05, 3.63) is 47.1 Å². The average molecular weight is 395 g/mol. The molecular formula is C17H19BrN2O4. The largest absolute Gasteiger partial charge is 0.480 e. The molecular weight excluding hydrogens is 376 g/mol. The highest BCUT2D eigenvalue weighted by Crippen LogP contribution is 2.30. The molecule has 1 aromatic carbocycles. The Hall–Kier alpha value is -2.12. The number of ether oxygens (including phenoxy) is 1. The van der Waals surface area contributed by atoms with Crippen molar-refractivity contribution >= 4 is 38.7 Å². The molecule has 24 heavy (non-hydrogen) atoms. The summed E-state index contributed by atoms with van der Waals surface area (Å²) in [7, 11) is 0. The lowest BCUT2D eigenvalue weighted by Gasteiger charge is -2.15. The minimum absolute atomic E-state index is 0.0309. The number of nitrogens with one attached hydrogen (secondary N) is 1.